The first-order chi connectivity index (χ1) is 8.31. The van der Waals surface area contributed by atoms with Crippen LogP contribution in [0.2, 0.25) is 0 Å². The van der Waals surface area contributed by atoms with Gasteiger partial charge < -0.3 is 11.1 Å². The van der Waals surface area contributed by atoms with Gasteiger partial charge in [0, 0.05) is 11.9 Å². The Morgan fingerprint density at radius 2 is 2.06 bits per heavy atom. The monoisotopic (exact) mass is 229 g/mol. The Morgan fingerprint density at radius 3 is 2.88 bits per heavy atom. The number of para-hydroxylation sites is 1. The highest BCUT2D eigenvalue weighted by molar-refractivity contribution is 5.81. The second kappa shape index (κ2) is 5.64. The van der Waals surface area contributed by atoms with Crippen molar-refractivity contribution < 1.29 is 0 Å². The molecule has 0 radical (unpaired) electrons. The minimum Gasteiger partial charge on any atom is -0.370 e. The molecule has 0 aliphatic heterocycles. The molecule has 0 aliphatic rings. The van der Waals surface area contributed by atoms with Crippen molar-refractivity contribution in [2.24, 2.45) is 5.73 Å². The fraction of sp³-hybridized carbons (Fsp3) is 0.357. The van der Waals surface area contributed by atoms with Gasteiger partial charge in [0.15, 0.2) is 0 Å². The van der Waals surface area contributed by atoms with Crippen molar-refractivity contribution in [1.82, 2.24) is 4.98 Å². The summed E-state index contributed by atoms with van der Waals surface area (Å²) in [5, 5.41) is 4.57. The normalized spacial score (nSPS) is 10.7. The molecule has 90 valence electrons. The highest BCUT2D eigenvalue weighted by atomic mass is 15.0. The average Bonchev–Trinajstić information content (AvgIpc) is 2.35. The minimum absolute atomic E-state index is 0.756. The standard InChI is InChI=1S/C14H19N3/c1-11-10-12-6-2-3-7-13(12)17-14(11)16-9-5-4-8-15/h2-3,6-7,10H,4-5,8-9,15H2,1H3,(H,16,17). The molecule has 2 rings (SSSR count). The molecule has 17 heavy (non-hydrogen) atoms. The molecule has 0 unspecified atom stereocenters. The molecule has 0 bridgehead atoms. The van der Waals surface area contributed by atoms with Gasteiger partial charge >= 0.3 is 0 Å². The summed E-state index contributed by atoms with van der Waals surface area (Å²) < 4.78 is 0. The summed E-state index contributed by atoms with van der Waals surface area (Å²) in [5.41, 5.74) is 7.70. The summed E-state index contributed by atoms with van der Waals surface area (Å²) in [6.07, 6.45) is 2.14. The third-order valence-corrected chi connectivity index (χ3v) is 2.84. The predicted octanol–water partition coefficient (Wildman–Crippen LogP) is 2.69. The zero-order valence-electron chi connectivity index (χ0n) is 10.2. The number of hydrogen-bond acceptors (Lipinski definition) is 3. The average molecular weight is 229 g/mol. The van der Waals surface area contributed by atoms with Crippen LogP contribution in [0.3, 0.4) is 0 Å². The number of nitrogens with two attached hydrogens (primary N) is 1. The fourth-order valence-electron chi connectivity index (χ4n) is 1.88. The molecule has 0 aliphatic carbocycles. The Kier molecular flexibility index (Phi) is 3.94. The number of pyridine rings is 1. The highest BCUT2D eigenvalue weighted by Crippen LogP contribution is 2.19. The Bertz CT molecular complexity index is 494. The van der Waals surface area contributed by atoms with Crippen LogP contribution in [0.5, 0.6) is 0 Å². The molecule has 0 saturated heterocycles. The number of unbranched alkanes of at least 4 members (excludes halogenated alkanes) is 1. The summed E-state index contributed by atoms with van der Waals surface area (Å²) in [6, 6.07) is 10.4. The molecule has 0 amide bonds. The largest absolute Gasteiger partial charge is 0.370 e. The van der Waals surface area contributed by atoms with Gasteiger partial charge in [-0.05, 0) is 44.0 Å². The second-order valence-corrected chi connectivity index (χ2v) is 4.27. The molecular formula is C14H19N3. The zero-order chi connectivity index (χ0) is 12.1. The van der Waals surface area contributed by atoms with Crippen molar-refractivity contribution in [3.8, 4) is 0 Å². The van der Waals surface area contributed by atoms with E-state index in [1.807, 2.05) is 18.2 Å². The molecular weight excluding hydrogens is 210 g/mol. The van der Waals surface area contributed by atoms with E-state index in [4.69, 9.17) is 5.73 Å². The molecule has 3 nitrogen and oxygen atoms in total. The fourth-order valence-corrected chi connectivity index (χ4v) is 1.88. The summed E-state index contributed by atoms with van der Waals surface area (Å²) in [5.74, 6) is 0.987. The number of nitrogens with one attached hydrogen (secondary N) is 1. The van der Waals surface area contributed by atoms with Crippen LogP contribution in [0.4, 0.5) is 5.82 Å². The van der Waals surface area contributed by atoms with Crippen molar-refractivity contribution in [1.29, 1.82) is 0 Å². The molecule has 0 fully saturated rings. The molecule has 1 heterocycles. The van der Waals surface area contributed by atoms with E-state index in [2.05, 4.69) is 29.4 Å². The van der Waals surface area contributed by atoms with Crippen molar-refractivity contribution in [3.63, 3.8) is 0 Å². The number of anilines is 1. The molecule has 0 atom stereocenters. The van der Waals surface area contributed by atoms with Crippen LogP contribution in [0.25, 0.3) is 10.9 Å². The zero-order valence-corrected chi connectivity index (χ0v) is 10.2. The summed E-state index contributed by atoms with van der Waals surface area (Å²) in [7, 11) is 0. The lowest BCUT2D eigenvalue weighted by molar-refractivity contribution is 0.772. The van der Waals surface area contributed by atoms with Crippen LogP contribution in [-0.4, -0.2) is 18.1 Å². The molecule has 2 aromatic rings. The van der Waals surface area contributed by atoms with Gasteiger partial charge in [0.25, 0.3) is 0 Å². The van der Waals surface area contributed by atoms with E-state index in [-0.39, 0.29) is 0 Å². The van der Waals surface area contributed by atoms with Gasteiger partial charge in [-0.25, -0.2) is 4.98 Å². The van der Waals surface area contributed by atoms with Gasteiger partial charge in [-0.15, -0.1) is 0 Å². The molecule has 3 heteroatoms. The van der Waals surface area contributed by atoms with Crippen LogP contribution in [0.15, 0.2) is 30.3 Å². The van der Waals surface area contributed by atoms with Gasteiger partial charge in [0.2, 0.25) is 0 Å². The lowest BCUT2D eigenvalue weighted by Crippen LogP contribution is -2.07. The topological polar surface area (TPSA) is 50.9 Å². The molecule has 1 aromatic carbocycles. The molecule has 0 spiro atoms. The first kappa shape index (κ1) is 11.9. The maximum absolute atomic E-state index is 5.47. The lowest BCUT2D eigenvalue weighted by atomic mass is 10.1. The number of fused-ring (bicyclic) bond motifs is 1. The van der Waals surface area contributed by atoms with Crippen LogP contribution in [-0.2, 0) is 0 Å². The van der Waals surface area contributed by atoms with Crippen LogP contribution >= 0.6 is 0 Å². The molecule has 1 aromatic heterocycles. The van der Waals surface area contributed by atoms with Gasteiger partial charge in [0.05, 0.1) is 5.52 Å². The predicted molar refractivity (Wildman–Crippen MR) is 73.3 cm³/mol. The third kappa shape index (κ3) is 2.94. The number of hydrogen-bond donors (Lipinski definition) is 2. The van der Waals surface area contributed by atoms with Crippen LogP contribution in [0.1, 0.15) is 18.4 Å². The second-order valence-electron chi connectivity index (χ2n) is 4.27. The van der Waals surface area contributed by atoms with Gasteiger partial charge in [-0.1, -0.05) is 18.2 Å². The molecule has 0 saturated carbocycles. The smallest absolute Gasteiger partial charge is 0.129 e. The van der Waals surface area contributed by atoms with Gasteiger partial charge in [-0.2, -0.15) is 0 Å². The van der Waals surface area contributed by atoms with Crippen molar-refractivity contribution in [2.75, 3.05) is 18.4 Å². The van der Waals surface area contributed by atoms with E-state index in [0.717, 1.165) is 37.3 Å². The quantitative estimate of drug-likeness (QED) is 0.775. The maximum Gasteiger partial charge on any atom is 0.129 e. The Hall–Kier alpha value is -1.61. The lowest BCUT2D eigenvalue weighted by Gasteiger charge is -2.09. The summed E-state index contributed by atoms with van der Waals surface area (Å²) in [6.45, 7) is 3.78. The van der Waals surface area contributed by atoms with Crippen LogP contribution < -0.4 is 11.1 Å². The molecule has 3 N–H and O–H groups in total. The number of aromatic nitrogens is 1. The maximum atomic E-state index is 5.47. The van der Waals surface area contributed by atoms with Crippen molar-refractivity contribution in [3.05, 3.63) is 35.9 Å². The Labute approximate surface area is 102 Å². The SMILES string of the molecule is Cc1cc2ccccc2nc1NCCCCN. The first-order valence-corrected chi connectivity index (χ1v) is 6.11. The Morgan fingerprint density at radius 1 is 1.24 bits per heavy atom. The van der Waals surface area contributed by atoms with E-state index in [0.29, 0.717) is 0 Å². The summed E-state index contributed by atoms with van der Waals surface area (Å²) in [4.78, 5) is 4.63. The van der Waals surface area contributed by atoms with E-state index in [1.54, 1.807) is 0 Å². The van der Waals surface area contributed by atoms with E-state index < -0.39 is 0 Å². The van der Waals surface area contributed by atoms with E-state index in [9.17, 15) is 0 Å². The van der Waals surface area contributed by atoms with Crippen molar-refractivity contribution in [2.45, 2.75) is 19.8 Å². The highest BCUT2D eigenvalue weighted by Gasteiger charge is 2.01. The van der Waals surface area contributed by atoms with Gasteiger partial charge in [-0.3, -0.25) is 0 Å². The van der Waals surface area contributed by atoms with Gasteiger partial charge in [0.1, 0.15) is 5.82 Å². The number of aryl methyl sites for hydroxylation is 1. The number of nitrogens with zero attached hydrogens (tertiary/aromatic N) is 1. The van der Waals surface area contributed by atoms with Crippen LogP contribution in [0, 0.1) is 6.92 Å². The summed E-state index contributed by atoms with van der Waals surface area (Å²) >= 11 is 0. The van der Waals surface area contributed by atoms with E-state index in [1.165, 1.54) is 10.9 Å². The first-order valence-electron chi connectivity index (χ1n) is 6.11. The minimum atomic E-state index is 0.756. The Balaban J connectivity index is 2.14. The number of benzene rings is 1. The van der Waals surface area contributed by atoms with Crippen molar-refractivity contribution >= 4 is 16.7 Å². The number of rotatable bonds is 5. The third-order valence-electron chi connectivity index (χ3n) is 2.84. The van der Waals surface area contributed by atoms with E-state index >= 15 is 0 Å².